The molecule has 0 aliphatic carbocycles. The van der Waals surface area contributed by atoms with Gasteiger partial charge in [0.1, 0.15) is 11.5 Å². The molecule has 3 rings (SSSR count). The first-order valence-electron chi connectivity index (χ1n) is 7.67. The minimum atomic E-state index is -0.240. The number of fused-ring (bicyclic) bond motifs is 1. The van der Waals surface area contributed by atoms with Gasteiger partial charge in [-0.05, 0) is 36.4 Å². The third kappa shape index (κ3) is 3.35. The molecule has 5 heteroatoms. The molecular formula is C20H18O5. The molecule has 3 aromatic rings. The van der Waals surface area contributed by atoms with Crippen LogP contribution in [0.4, 0.5) is 0 Å². The van der Waals surface area contributed by atoms with E-state index in [1.54, 1.807) is 51.7 Å². The van der Waals surface area contributed by atoms with Crippen molar-refractivity contribution >= 4 is 22.8 Å². The molecule has 0 saturated carbocycles. The molecule has 0 unspecified atom stereocenters. The van der Waals surface area contributed by atoms with Crippen LogP contribution in [0.15, 0.2) is 53.0 Å². The minimum absolute atomic E-state index is 0.240. The maximum absolute atomic E-state index is 12.4. The molecule has 0 fully saturated rings. The number of hydrogen-bond acceptors (Lipinski definition) is 5. The Bertz CT molecular complexity index is 936. The number of hydrogen-bond donors (Lipinski definition) is 0. The lowest BCUT2D eigenvalue weighted by Gasteiger charge is -2.06. The molecule has 1 aromatic heterocycles. The van der Waals surface area contributed by atoms with Crippen molar-refractivity contribution in [2.45, 2.75) is 0 Å². The maximum Gasteiger partial charge on any atom is 0.221 e. The number of methoxy groups -OCH3 is 3. The summed E-state index contributed by atoms with van der Waals surface area (Å²) < 4.78 is 21.4. The van der Waals surface area contributed by atoms with E-state index in [0.29, 0.717) is 22.8 Å². The van der Waals surface area contributed by atoms with E-state index in [4.69, 9.17) is 18.6 Å². The van der Waals surface area contributed by atoms with Crippen LogP contribution in [0.5, 0.6) is 17.2 Å². The topological polar surface area (TPSA) is 57.9 Å². The van der Waals surface area contributed by atoms with Gasteiger partial charge >= 0.3 is 0 Å². The molecule has 0 spiro atoms. The Hall–Kier alpha value is -3.21. The van der Waals surface area contributed by atoms with Crippen molar-refractivity contribution in [3.8, 4) is 17.2 Å². The molecule has 0 aliphatic rings. The van der Waals surface area contributed by atoms with Crippen molar-refractivity contribution < 1.29 is 23.4 Å². The average Bonchev–Trinajstić information content (AvgIpc) is 3.10. The van der Waals surface area contributed by atoms with Crippen molar-refractivity contribution in [2.75, 3.05) is 21.3 Å². The Morgan fingerprint density at radius 3 is 2.48 bits per heavy atom. The number of ether oxygens (including phenoxy) is 3. The molecule has 25 heavy (non-hydrogen) atoms. The number of ketones is 1. The lowest BCUT2D eigenvalue weighted by molar-refractivity contribution is 0.102. The first-order valence-corrected chi connectivity index (χ1v) is 7.67. The summed E-state index contributed by atoms with van der Waals surface area (Å²) in [5, 5.41) is 0.818. The summed E-state index contributed by atoms with van der Waals surface area (Å²) in [6.45, 7) is 0. The first kappa shape index (κ1) is 16.6. The molecule has 128 valence electrons. The van der Waals surface area contributed by atoms with Gasteiger partial charge in [-0.1, -0.05) is 12.1 Å². The highest BCUT2D eigenvalue weighted by atomic mass is 16.5. The predicted octanol–water partition coefficient (Wildman–Crippen LogP) is 4.35. The van der Waals surface area contributed by atoms with E-state index in [1.807, 2.05) is 18.2 Å². The summed E-state index contributed by atoms with van der Waals surface area (Å²) in [6, 6.07) is 12.6. The smallest absolute Gasteiger partial charge is 0.221 e. The largest absolute Gasteiger partial charge is 0.497 e. The molecule has 0 saturated heterocycles. The van der Waals surface area contributed by atoms with E-state index >= 15 is 0 Å². The number of carbonyl (C=O) groups is 1. The van der Waals surface area contributed by atoms with Gasteiger partial charge < -0.3 is 18.6 Å². The highest BCUT2D eigenvalue weighted by molar-refractivity contribution is 6.07. The zero-order chi connectivity index (χ0) is 17.8. The van der Waals surface area contributed by atoms with Crippen molar-refractivity contribution in [3.05, 3.63) is 59.9 Å². The van der Waals surface area contributed by atoms with Gasteiger partial charge in [0.25, 0.3) is 0 Å². The monoisotopic (exact) mass is 338 g/mol. The van der Waals surface area contributed by atoms with Gasteiger partial charge in [0.15, 0.2) is 17.1 Å². The fraction of sp³-hybridized carbons (Fsp3) is 0.150. The van der Waals surface area contributed by atoms with E-state index in [1.165, 1.54) is 6.08 Å². The normalized spacial score (nSPS) is 11.0. The van der Waals surface area contributed by atoms with Crippen LogP contribution in [-0.4, -0.2) is 27.1 Å². The number of para-hydroxylation sites is 1. The van der Waals surface area contributed by atoms with Crippen molar-refractivity contribution in [2.24, 2.45) is 0 Å². The second-order valence-electron chi connectivity index (χ2n) is 5.29. The number of rotatable bonds is 6. The Morgan fingerprint density at radius 2 is 1.76 bits per heavy atom. The fourth-order valence-electron chi connectivity index (χ4n) is 2.52. The number of furan rings is 1. The fourth-order valence-corrected chi connectivity index (χ4v) is 2.52. The molecule has 2 aromatic carbocycles. The maximum atomic E-state index is 12.4. The van der Waals surface area contributed by atoms with Crippen LogP contribution >= 0.6 is 0 Å². The SMILES string of the molecule is COc1ccc(/C=C/C(=O)c2cc3cccc(OC)c3o2)c(OC)c1. The average molecular weight is 338 g/mol. The molecule has 0 atom stereocenters. The van der Waals surface area contributed by atoms with Crippen molar-refractivity contribution in [1.29, 1.82) is 0 Å². The van der Waals surface area contributed by atoms with Crippen LogP contribution in [0.1, 0.15) is 16.1 Å². The van der Waals surface area contributed by atoms with E-state index in [2.05, 4.69) is 0 Å². The van der Waals surface area contributed by atoms with E-state index in [9.17, 15) is 4.79 Å². The van der Waals surface area contributed by atoms with Gasteiger partial charge in [-0.25, -0.2) is 0 Å². The highest BCUT2D eigenvalue weighted by Crippen LogP contribution is 2.29. The zero-order valence-corrected chi connectivity index (χ0v) is 14.2. The lowest BCUT2D eigenvalue weighted by atomic mass is 10.1. The van der Waals surface area contributed by atoms with Crippen LogP contribution < -0.4 is 14.2 Å². The molecule has 0 radical (unpaired) electrons. The first-order chi connectivity index (χ1) is 12.2. The van der Waals surface area contributed by atoms with Crippen molar-refractivity contribution in [3.63, 3.8) is 0 Å². The van der Waals surface area contributed by atoms with Crippen molar-refractivity contribution in [1.82, 2.24) is 0 Å². The second kappa shape index (κ2) is 7.13. The van der Waals surface area contributed by atoms with Gasteiger partial charge in [0.05, 0.1) is 21.3 Å². The van der Waals surface area contributed by atoms with Crippen LogP contribution in [0.3, 0.4) is 0 Å². The minimum Gasteiger partial charge on any atom is -0.497 e. The number of allylic oxidation sites excluding steroid dienone is 1. The summed E-state index contributed by atoms with van der Waals surface area (Å²) in [4.78, 5) is 12.4. The van der Waals surface area contributed by atoms with Crippen LogP contribution in [0, 0.1) is 0 Å². The van der Waals surface area contributed by atoms with Crippen LogP contribution in [-0.2, 0) is 0 Å². The van der Waals surface area contributed by atoms with Crippen LogP contribution in [0.25, 0.3) is 17.0 Å². The predicted molar refractivity (Wildman–Crippen MR) is 95.7 cm³/mol. The quantitative estimate of drug-likeness (QED) is 0.494. The molecule has 1 heterocycles. The summed E-state index contributed by atoms with van der Waals surface area (Å²) in [7, 11) is 4.72. The third-order valence-corrected chi connectivity index (χ3v) is 3.83. The van der Waals surface area contributed by atoms with Gasteiger partial charge in [0, 0.05) is 17.0 Å². The third-order valence-electron chi connectivity index (χ3n) is 3.83. The zero-order valence-electron chi connectivity index (χ0n) is 14.2. The Kier molecular flexibility index (Phi) is 4.75. The van der Waals surface area contributed by atoms with Crippen LogP contribution in [0.2, 0.25) is 0 Å². The van der Waals surface area contributed by atoms with Gasteiger partial charge in [-0.15, -0.1) is 0 Å². The number of carbonyl (C=O) groups excluding carboxylic acids is 1. The van der Waals surface area contributed by atoms with Gasteiger partial charge in [0.2, 0.25) is 5.78 Å². The molecule has 0 amide bonds. The second-order valence-corrected chi connectivity index (χ2v) is 5.29. The van der Waals surface area contributed by atoms with Gasteiger partial charge in [-0.2, -0.15) is 0 Å². The lowest BCUT2D eigenvalue weighted by Crippen LogP contribution is -1.92. The van der Waals surface area contributed by atoms with E-state index < -0.39 is 0 Å². The van der Waals surface area contributed by atoms with E-state index in [0.717, 1.165) is 10.9 Å². The molecule has 0 N–H and O–H groups in total. The number of benzene rings is 2. The summed E-state index contributed by atoms with van der Waals surface area (Å²) in [6.07, 6.45) is 3.14. The summed E-state index contributed by atoms with van der Waals surface area (Å²) >= 11 is 0. The summed E-state index contributed by atoms with van der Waals surface area (Å²) in [5.41, 5.74) is 1.33. The summed E-state index contributed by atoms with van der Waals surface area (Å²) in [5.74, 6) is 1.91. The van der Waals surface area contributed by atoms with E-state index in [-0.39, 0.29) is 11.5 Å². The molecular weight excluding hydrogens is 320 g/mol. The molecule has 0 aliphatic heterocycles. The standard InChI is InChI=1S/C20H18O5/c1-22-15-9-7-13(18(12-15)24-3)8-10-16(21)19-11-14-5-4-6-17(23-2)20(14)25-19/h4-12H,1-3H3/b10-8+. The Labute approximate surface area is 145 Å². The molecule has 0 bridgehead atoms. The highest BCUT2D eigenvalue weighted by Gasteiger charge is 2.13. The Balaban J connectivity index is 1.88. The Morgan fingerprint density at radius 1 is 0.960 bits per heavy atom. The molecule has 5 nitrogen and oxygen atoms in total. The van der Waals surface area contributed by atoms with Gasteiger partial charge in [-0.3, -0.25) is 4.79 Å².